The molecule has 0 spiro atoms. The van der Waals surface area contributed by atoms with Gasteiger partial charge >= 0.3 is 0 Å². The van der Waals surface area contributed by atoms with Crippen molar-refractivity contribution in [3.63, 3.8) is 0 Å². The van der Waals surface area contributed by atoms with Crippen LogP contribution in [0.5, 0.6) is 0 Å². The topological polar surface area (TPSA) is 61.8 Å². The third-order valence-electron chi connectivity index (χ3n) is 2.55. The number of hydrogen-bond donors (Lipinski definition) is 2. The molecule has 4 nitrogen and oxygen atoms in total. The zero-order chi connectivity index (χ0) is 12.3. The van der Waals surface area contributed by atoms with Crippen LogP contribution in [0.1, 0.15) is 22.5 Å². The Morgan fingerprint density at radius 2 is 2.00 bits per heavy atom. The van der Waals surface area contributed by atoms with Crippen molar-refractivity contribution in [2.45, 2.75) is 20.5 Å². The monoisotopic (exact) mass is 229 g/mol. The number of rotatable bonds is 3. The van der Waals surface area contributed by atoms with E-state index in [4.69, 9.17) is 10.1 Å². The van der Waals surface area contributed by atoms with Crippen LogP contribution in [0.2, 0.25) is 0 Å². The number of benzene rings is 1. The van der Waals surface area contributed by atoms with Gasteiger partial charge in [-0.3, -0.25) is 5.41 Å². The van der Waals surface area contributed by atoms with E-state index in [2.05, 4.69) is 9.97 Å². The number of nitrogens with one attached hydrogen (secondary N) is 2. The van der Waals surface area contributed by atoms with E-state index in [-0.39, 0.29) is 5.90 Å². The molecule has 88 valence electrons. The lowest BCUT2D eigenvalue weighted by atomic mass is 10.2. The molecule has 0 aliphatic heterocycles. The van der Waals surface area contributed by atoms with Gasteiger partial charge in [0, 0.05) is 5.69 Å². The molecule has 0 saturated carbocycles. The number of hydrogen-bond acceptors (Lipinski definition) is 3. The van der Waals surface area contributed by atoms with E-state index in [0.29, 0.717) is 12.3 Å². The van der Waals surface area contributed by atoms with Gasteiger partial charge in [0.15, 0.2) is 0 Å². The van der Waals surface area contributed by atoms with Crippen LogP contribution in [0.25, 0.3) is 0 Å². The lowest BCUT2D eigenvalue weighted by Gasteiger charge is -2.06. The van der Waals surface area contributed by atoms with Crippen molar-refractivity contribution in [3.05, 3.63) is 53.1 Å². The third kappa shape index (κ3) is 2.72. The normalized spacial score (nSPS) is 10.2. The van der Waals surface area contributed by atoms with Crippen LogP contribution in [0, 0.1) is 19.3 Å². The number of aryl methyl sites for hydroxylation is 2. The quantitative estimate of drug-likeness (QED) is 0.627. The number of aromatic nitrogens is 2. The van der Waals surface area contributed by atoms with Crippen LogP contribution in [-0.2, 0) is 11.3 Å². The molecule has 0 saturated heterocycles. The smallest absolute Gasteiger partial charge is 0.234 e. The molecule has 4 heteroatoms. The van der Waals surface area contributed by atoms with Crippen LogP contribution in [0.15, 0.2) is 30.6 Å². The number of aromatic amines is 1. The van der Waals surface area contributed by atoms with E-state index < -0.39 is 0 Å². The van der Waals surface area contributed by atoms with Crippen molar-refractivity contribution in [3.8, 4) is 0 Å². The fourth-order valence-corrected chi connectivity index (χ4v) is 1.50. The summed E-state index contributed by atoms with van der Waals surface area (Å²) in [7, 11) is 0. The minimum absolute atomic E-state index is 0.101. The van der Waals surface area contributed by atoms with Gasteiger partial charge in [-0.15, -0.1) is 0 Å². The van der Waals surface area contributed by atoms with Gasteiger partial charge in [0.2, 0.25) is 5.90 Å². The Balaban J connectivity index is 1.97. The lowest BCUT2D eigenvalue weighted by molar-refractivity contribution is 0.290. The minimum atomic E-state index is 0.101. The summed E-state index contributed by atoms with van der Waals surface area (Å²) in [6, 6.07) is 8.06. The summed E-state index contributed by atoms with van der Waals surface area (Å²) >= 11 is 0. The van der Waals surface area contributed by atoms with Crippen LogP contribution in [0.4, 0.5) is 0 Å². The Labute approximate surface area is 100 Å². The summed E-state index contributed by atoms with van der Waals surface area (Å²) in [5.74, 6) is 0.101. The second kappa shape index (κ2) is 4.82. The predicted octanol–water partition coefficient (Wildman–Crippen LogP) is 2.57. The van der Waals surface area contributed by atoms with Crippen molar-refractivity contribution in [1.82, 2.24) is 9.97 Å². The fraction of sp³-hybridized carbons (Fsp3) is 0.231. The van der Waals surface area contributed by atoms with Gasteiger partial charge in [-0.2, -0.15) is 0 Å². The third-order valence-corrected chi connectivity index (χ3v) is 2.55. The maximum absolute atomic E-state index is 7.77. The molecule has 0 atom stereocenters. The number of ether oxygens (including phenoxy) is 1. The second-order valence-corrected chi connectivity index (χ2v) is 3.98. The van der Waals surface area contributed by atoms with Gasteiger partial charge in [-0.1, -0.05) is 29.8 Å². The first-order valence-electron chi connectivity index (χ1n) is 5.44. The maximum Gasteiger partial charge on any atom is 0.234 e. The first-order chi connectivity index (χ1) is 8.16. The zero-order valence-electron chi connectivity index (χ0n) is 9.95. The number of imidazole rings is 1. The molecule has 0 unspecified atom stereocenters. The first kappa shape index (κ1) is 11.4. The van der Waals surface area contributed by atoms with E-state index in [1.807, 2.05) is 38.1 Å². The molecule has 17 heavy (non-hydrogen) atoms. The largest absolute Gasteiger partial charge is 0.472 e. The van der Waals surface area contributed by atoms with Crippen LogP contribution >= 0.6 is 0 Å². The lowest BCUT2D eigenvalue weighted by Crippen LogP contribution is -2.07. The van der Waals surface area contributed by atoms with E-state index in [1.54, 1.807) is 6.33 Å². The van der Waals surface area contributed by atoms with E-state index in [0.717, 1.165) is 11.3 Å². The number of H-pyrrole nitrogens is 1. The highest BCUT2D eigenvalue weighted by Gasteiger charge is 2.08. The highest BCUT2D eigenvalue weighted by Crippen LogP contribution is 2.08. The van der Waals surface area contributed by atoms with Crippen LogP contribution < -0.4 is 0 Å². The van der Waals surface area contributed by atoms with Gasteiger partial charge in [-0.05, 0) is 19.4 Å². The molecule has 0 amide bonds. The minimum Gasteiger partial charge on any atom is -0.472 e. The molecule has 1 aromatic carbocycles. The maximum atomic E-state index is 7.77. The fourth-order valence-electron chi connectivity index (χ4n) is 1.50. The number of nitrogens with zero attached hydrogens (tertiary/aromatic N) is 1. The molecule has 0 bridgehead atoms. The first-order valence-corrected chi connectivity index (χ1v) is 5.44. The molecule has 2 rings (SSSR count). The average Bonchev–Trinajstić information content (AvgIpc) is 2.74. The van der Waals surface area contributed by atoms with Gasteiger partial charge in [0.05, 0.1) is 6.33 Å². The van der Waals surface area contributed by atoms with E-state index in [1.165, 1.54) is 5.56 Å². The standard InChI is InChI=1S/C13H15N3O/c1-9-3-5-11(6-4-9)7-17-13(14)12-10(2)15-8-16-12/h3-6,8,14H,7H2,1-2H3,(H,15,16). The highest BCUT2D eigenvalue weighted by atomic mass is 16.5. The van der Waals surface area contributed by atoms with E-state index >= 15 is 0 Å². The Morgan fingerprint density at radius 3 is 2.59 bits per heavy atom. The molecule has 0 aliphatic carbocycles. The van der Waals surface area contributed by atoms with Crippen LogP contribution in [0.3, 0.4) is 0 Å². The van der Waals surface area contributed by atoms with E-state index in [9.17, 15) is 0 Å². The molecule has 1 aromatic heterocycles. The Hall–Kier alpha value is -2.10. The summed E-state index contributed by atoms with van der Waals surface area (Å²) in [5.41, 5.74) is 3.68. The van der Waals surface area contributed by atoms with Gasteiger partial charge < -0.3 is 9.72 Å². The Morgan fingerprint density at radius 1 is 1.29 bits per heavy atom. The van der Waals surface area contributed by atoms with Gasteiger partial charge in [0.1, 0.15) is 12.3 Å². The van der Waals surface area contributed by atoms with Gasteiger partial charge in [-0.25, -0.2) is 4.98 Å². The summed E-state index contributed by atoms with van der Waals surface area (Å²) < 4.78 is 5.39. The zero-order valence-corrected chi connectivity index (χ0v) is 9.95. The molecule has 2 aromatic rings. The highest BCUT2D eigenvalue weighted by molar-refractivity contribution is 5.90. The Bertz CT molecular complexity index is 514. The summed E-state index contributed by atoms with van der Waals surface area (Å²) in [6.07, 6.45) is 1.56. The summed E-state index contributed by atoms with van der Waals surface area (Å²) in [5, 5.41) is 7.77. The van der Waals surface area contributed by atoms with Crippen molar-refractivity contribution in [2.75, 3.05) is 0 Å². The molecule has 1 heterocycles. The van der Waals surface area contributed by atoms with Crippen LogP contribution in [-0.4, -0.2) is 15.9 Å². The van der Waals surface area contributed by atoms with Crippen molar-refractivity contribution in [2.24, 2.45) is 0 Å². The molecular weight excluding hydrogens is 214 g/mol. The Kier molecular flexibility index (Phi) is 3.23. The summed E-state index contributed by atoms with van der Waals surface area (Å²) in [4.78, 5) is 6.96. The van der Waals surface area contributed by atoms with Gasteiger partial charge in [0.25, 0.3) is 0 Å². The molecule has 2 N–H and O–H groups in total. The SMILES string of the molecule is Cc1ccc(COC(=N)c2nc[nH]c2C)cc1. The van der Waals surface area contributed by atoms with Crippen molar-refractivity contribution < 1.29 is 4.74 Å². The molecule has 0 aliphatic rings. The second-order valence-electron chi connectivity index (χ2n) is 3.98. The molecule has 0 radical (unpaired) electrons. The molecular formula is C13H15N3O. The van der Waals surface area contributed by atoms with Crippen molar-refractivity contribution >= 4 is 5.90 Å². The summed E-state index contributed by atoms with van der Waals surface area (Å²) in [6.45, 7) is 4.30. The van der Waals surface area contributed by atoms with Crippen molar-refractivity contribution in [1.29, 1.82) is 5.41 Å². The predicted molar refractivity (Wildman–Crippen MR) is 66.1 cm³/mol. The molecule has 0 fully saturated rings. The average molecular weight is 229 g/mol.